The van der Waals surface area contributed by atoms with Crippen LogP contribution in [0.1, 0.15) is 31.1 Å². The molecule has 21 heavy (non-hydrogen) atoms. The van der Waals surface area contributed by atoms with Crippen LogP contribution < -0.4 is 10.6 Å². The van der Waals surface area contributed by atoms with E-state index in [0.29, 0.717) is 5.56 Å². The van der Waals surface area contributed by atoms with Gasteiger partial charge in [-0.25, -0.2) is 4.79 Å². The summed E-state index contributed by atoms with van der Waals surface area (Å²) in [5.74, 6) is -2.25. The molecular formula is C15H20N2O4. The number of carbonyl (C=O) groups excluding carboxylic acids is 2. The topological polar surface area (TPSA) is 95.5 Å². The third-order valence-electron chi connectivity index (χ3n) is 3.01. The summed E-state index contributed by atoms with van der Waals surface area (Å²) in [4.78, 5) is 34.9. The lowest BCUT2D eigenvalue weighted by Crippen LogP contribution is -2.52. The van der Waals surface area contributed by atoms with E-state index in [0.717, 1.165) is 0 Å². The number of carboxylic acid groups (broad SMARTS) is 1. The van der Waals surface area contributed by atoms with Crippen molar-refractivity contribution in [2.24, 2.45) is 5.92 Å². The number of carbonyl (C=O) groups is 3. The fourth-order valence-electron chi connectivity index (χ4n) is 1.73. The van der Waals surface area contributed by atoms with Gasteiger partial charge < -0.3 is 15.7 Å². The maximum atomic E-state index is 11.9. The fourth-order valence-corrected chi connectivity index (χ4v) is 1.73. The molecule has 0 heterocycles. The number of amides is 2. The molecule has 2 atom stereocenters. The lowest BCUT2D eigenvalue weighted by atomic mass is 10.0. The van der Waals surface area contributed by atoms with Gasteiger partial charge in [0.2, 0.25) is 5.91 Å². The van der Waals surface area contributed by atoms with Crippen molar-refractivity contribution in [3.8, 4) is 0 Å². The van der Waals surface area contributed by atoms with Crippen LogP contribution in [0, 0.1) is 5.92 Å². The first kappa shape index (κ1) is 16.7. The average molecular weight is 292 g/mol. The predicted molar refractivity (Wildman–Crippen MR) is 77.8 cm³/mol. The van der Waals surface area contributed by atoms with Crippen molar-refractivity contribution < 1.29 is 19.5 Å². The maximum absolute atomic E-state index is 11.9. The zero-order chi connectivity index (χ0) is 16.0. The van der Waals surface area contributed by atoms with Crippen LogP contribution in [-0.2, 0) is 9.59 Å². The minimum absolute atomic E-state index is 0.247. The lowest BCUT2D eigenvalue weighted by Gasteiger charge is -2.21. The Bertz CT molecular complexity index is 514. The van der Waals surface area contributed by atoms with Gasteiger partial charge in [0.05, 0.1) is 0 Å². The number of carboxylic acids is 1. The van der Waals surface area contributed by atoms with Gasteiger partial charge in [-0.2, -0.15) is 0 Å². The van der Waals surface area contributed by atoms with Crippen LogP contribution in [0.4, 0.5) is 0 Å². The van der Waals surface area contributed by atoms with Gasteiger partial charge in [-0.3, -0.25) is 9.59 Å². The van der Waals surface area contributed by atoms with Crippen LogP contribution in [0.2, 0.25) is 0 Å². The van der Waals surface area contributed by atoms with E-state index in [-0.39, 0.29) is 11.8 Å². The molecule has 1 aromatic rings. The minimum Gasteiger partial charge on any atom is -0.480 e. The van der Waals surface area contributed by atoms with Gasteiger partial charge >= 0.3 is 5.97 Å². The van der Waals surface area contributed by atoms with Gasteiger partial charge in [-0.05, 0) is 25.0 Å². The zero-order valence-electron chi connectivity index (χ0n) is 12.3. The van der Waals surface area contributed by atoms with Gasteiger partial charge in [0.15, 0.2) is 0 Å². The first-order valence-electron chi connectivity index (χ1n) is 6.72. The van der Waals surface area contributed by atoms with Crippen molar-refractivity contribution in [3.05, 3.63) is 35.9 Å². The molecule has 1 aromatic carbocycles. The third-order valence-corrected chi connectivity index (χ3v) is 3.01. The average Bonchev–Trinajstić information content (AvgIpc) is 2.44. The second kappa shape index (κ2) is 7.42. The molecule has 0 bridgehead atoms. The van der Waals surface area contributed by atoms with Crippen molar-refractivity contribution in [3.63, 3.8) is 0 Å². The second-order valence-corrected chi connectivity index (χ2v) is 5.13. The van der Waals surface area contributed by atoms with Crippen molar-refractivity contribution in [1.82, 2.24) is 10.6 Å². The highest BCUT2D eigenvalue weighted by molar-refractivity contribution is 5.97. The molecule has 2 unspecified atom stereocenters. The first-order chi connectivity index (χ1) is 9.82. The number of benzene rings is 1. The Hall–Kier alpha value is -2.37. The van der Waals surface area contributed by atoms with Crippen LogP contribution >= 0.6 is 0 Å². The molecule has 114 valence electrons. The monoisotopic (exact) mass is 292 g/mol. The molecule has 0 aliphatic carbocycles. The number of hydrogen-bond donors (Lipinski definition) is 3. The molecule has 0 aliphatic heterocycles. The van der Waals surface area contributed by atoms with Crippen molar-refractivity contribution >= 4 is 17.8 Å². The first-order valence-corrected chi connectivity index (χ1v) is 6.72. The molecule has 0 aliphatic rings. The SMILES string of the molecule is CC(NC(=O)c1ccccc1)C(=O)NC(C(=O)O)C(C)C. The van der Waals surface area contributed by atoms with Gasteiger partial charge in [-0.15, -0.1) is 0 Å². The van der Waals surface area contributed by atoms with Crippen LogP contribution in [0.25, 0.3) is 0 Å². The van der Waals surface area contributed by atoms with E-state index in [1.54, 1.807) is 44.2 Å². The lowest BCUT2D eigenvalue weighted by molar-refractivity contribution is -0.143. The smallest absolute Gasteiger partial charge is 0.326 e. The summed E-state index contributed by atoms with van der Waals surface area (Å²) in [5, 5.41) is 14.0. The molecule has 0 aromatic heterocycles. The Morgan fingerprint density at radius 1 is 1.00 bits per heavy atom. The summed E-state index contributed by atoms with van der Waals surface area (Å²) >= 11 is 0. The van der Waals surface area contributed by atoms with Gasteiger partial charge in [0.25, 0.3) is 5.91 Å². The van der Waals surface area contributed by atoms with Crippen LogP contribution in [-0.4, -0.2) is 35.0 Å². The molecule has 0 spiro atoms. The molecule has 0 radical (unpaired) electrons. The van der Waals surface area contributed by atoms with Crippen LogP contribution in [0.5, 0.6) is 0 Å². The van der Waals surface area contributed by atoms with Gasteiger partial charge in [0.1, 0.15) is 12.1 Å². The fraction of sp³-hybridized carbons (Fsp3) is 0.400. The van der Waals surface area contributed by atoms with E-state index < -0.39 is 24.0 Å². The van der Waals surface area contributed by atoms with E-state index in [1.165, 1.54) is 6.92 Å². The van der Waals surface area contributed by atoms with E-state index >= 15 is 0 Å². The van der Waals surface area contributed by atoms with Crippen molar-refractivity contribution in [2.75, 3.05) is 0 Å². The Labute approximate surface area is 123 Å². The summed E-state index contributed by atoms with van der Waals surface area (Å²) < 4.78 is 0. The summed E-state index contributed by atoms with van der Waals surface area (Å²) in [6, 6.07) is 6.69. The summed E-state index contributed by atoms with van der Waals surface area (Å²) in [5.41, 5.74) is 0.441. The highest BCUT2D eigenvalue weighted by Gasteiger charge is 2.26. The number of hydrogen-bond acceptors (Lipinski definition) is 3. The maximum Gasteiger partial charge on any atom is 0.326 e. The Morgan fingerprint density at radius 2 is 1.57 bits per heavy atom. The van der Waals surface area contributed by atoms with Crippen molar-refractivity contribution in [1.29, 1.82) is 0 Å². The summed E-state index contributed by atoms with van der Waals surface area (Å²) in [6.07, 6.45) is 0. The molecule has 6 heteroatoms. The highest BCUT2D eigenvalue weighted by atomic mass is 16.4. The summed E-state index contributed by atoms with van der Waals surface area (Å²) in [7, 11) is 0. The molecule has 0 fully saturated rings. The molecule has 0 saturated heterocycles. The van der Waals surface area contributed by atoms with Crippen LogP contribution in [0.3, 0.4) is 0 Å². The van der Waals surface area contributed by atoms with E-state index in [4.69, 9.17) is 5.11 Å². The highest BCUT2D eigenvalue weighted by Crippen LogP contribution is 2.03. The Balaban J connectivity index is 2.63. The second-order valence-electron chi connectivity index (χ2n) is 5.13. The number of rotatable bonds is 6. The zero-order valence-corrected chi connectivity index (χ0v) is 12.3. The Morgan fingerprint density at radius 3 is 2.05 bits per heavy atom. The molecule has 6 nitrogen and oxygen atoms in total. The van der Waals surface area contributed by atoms with E-state index in [9.17, 15) is 14.4 Å². The standard InChI is InChI=1S/C15H20N2O4/c1-9(2)12(15(20)21)17-13(18)10(3)16-14(19)11-7-5-4-6-8-11/h4-10,12H,1-3H3,(H,16,19)(H,17,18)(H,20,21). The largest absolute Gasteiger partial charge is 0.480 e. The summed E-state index contributed by atoms with van der Waals surface area (Å²) in [6.45, 7) is 4.91. The minimum atomic E-state index is -1.10. The predicted octanol–water partition coefficient (Wildman–Crippen LogP) is 1.03. The number of aliphatic carboxylic acids is 1. The van der Waals surface area contributed by atoms with Gasteiger partial charge in [-0.1, -0.05) is 32.0 Å². The molecule has 2 amide bonds. The molecular weight excluding hydrogens is 272 g/mol. The van der Waals surface area contributed by atoms with Crippen LogP contribution in [0.15, 0.2) is 30.3 Å². The van der Waals surface area contributed by atoms with Gasteiger partial charge in [0, 0.05) is 5.56 Å². The van der Waals surface area contributed by atoms with E-state index in [2.05, 4.69) is 10.6 Å². The third kappa shape index (κ3) is 4.91. The molecule has 3 N–H and O–H groups in total. The number of nitrogens with one attached hydrogen (secondary N) is 2. The molecule has 1 rings (SSSR count). The van der Waals surface area contributed by atoms with E-state index in [1.807, 2.05) is 0 Å². The normalized spacial score (nSPS) is 13.3. The van der Waals surface area contributed by atoms with Crippen molar-refractivity contribution in [2.45, 2.75) is 32.9 Å². The Kier molecular flexibility index (Phi) is 5.90. The quantitative estimate of drug-likeness (QED) is 0.729. The molecule has 0 saturated carbocycles.